The number of fused-ring (bicyclic) bond motifs is 4. The standard InChI is InChI=1S/C63H87N11O16/c1-28(2)43-60(84)73-24-18-20-38(73)58(82)69(14)26-40(75)71(16)49(30(5)6)62(86)88-35(12)45(56(80)65-43)67-54(78)37-23-22-32(9)52-47(37)64-48-42(33(10)51(77)34(11)53(48)90-52)55(79)68-46-36(13)89-63(87)50(31(7)8)72(17)41(76)27-70(15)59(83)39-21-19-25-74(39)61(85)44(29(3)4)66-57(46)81/h22-23,28-31,35-36,38-39,43-46,49-50H,18-21,24-27H2,1-17H3,(H,65,80)(H,66,81)(H,67,78)(H,68,79)/t35-,36-,38+,39+,43-,44-,45+,46+,49+,50+/m1/s1. The number of aromatic nitrogens is 1. The molecule has 0 spiro atoms. The van der Waals surface area contributed by atoms with Crippen molar-refractivity contribution < 1.29 is 71.4 Å². The van der Waals surface area contributed by atoms with Crippen molar-refractivity contribution in [3.8, 4) is 11.5 Å². The zero-order valence-corrected chi connectivity index (χ0v) is 54.6. The Morgan fingerprint density at radius 2 is 1.00 bits per heavy atom. The van der Waals surface area contributed by atoms with E-state index in [0.717, 1.165) is 9.80 Å². The molecule has 4 N–H and O–H groups in total. The highest BCUT2D eigenvalue weighted by Crippen LogP contribution is 2.35. The Morgan fingerprint density at radius 1 is 0.578 bits per heavy atom. The van der Waals surface area contributed by atoms with Crippen molar-refractivity contribution in [2.45, 2.75) is 176 Å². The quantitative estimate of drug-likeness (QED) is 0.183. The molecule has 1 aromatic carbocycles. The van der Waals surface area contributed by atoms with Crippen LogP contribution in [0.1, 0.15) is 132 Å². The molecule has 7 rings (SSSR count). The van der Waals surface area contributed by atoms with Crippen LogP contribution >= 0.6 is 0 Å². The summed E-state index contributed by atoms with van der Waals surface area (Å²) in [6.45, 7) is 20.0. The third kappa shape index (κ3) is 13.8. The lowest BCUT2D eigenvalue weighted by molar-refractivity contribution is -0.163. The summed E-state index contributed by atoms with van der Waals surface area (Å²) >= 11 is 0. The predicted molar refractivity (Wildman–Crippen MR) is 326 cm³/mol. The average Bonchev–Trinajstić information content (AvgIpc) is 0.893. The van der Waals surface area contributed by atoms with Gasteiger partial charge in [-0.15, -0.1) is 0 Å². The fourth-order valence-electron chi connectivity index (χ4n) is 12.5. The third-order valence-electron chi connectivity index (χ3n) is 17.7. The monoisotopic (exact) mass is 1250 g/mol. The van der Waals surface area contributed by atoms with Crippen LogP contribution in [-0.4, -0.2) is 220 Å². The number of likely N-dealkylation sites (N-methyl/N-ethyl adjacent to an activating group) is 4. The maximum atomic E-state index is 15.3. The number of aryl methyl sites for hydroxylation is 1. The van der Waals surface area contributed by atoms with Gasteiger partial charge in [0.05, 0.1) is 24.2 Å². The molecule has 0 unspecified atom stereocenters. The van der Waals surface area contributed by atoms with E-state index in [-0.39, 0.29) is 58.8 Å². The predicted octanol–water partition coefficient (Wildman–Crippen LogP) is 1.45. The molecule has 10 amide bonds. The second kappa shape index (κ2) is 27.7. The fraction of sp³-hybridized carbons (Fsp3) is 0.619. The summed E-state index contributed by atoms with van der Waals surface area (Å²) in [4.78, 5) is 200. The SMILES string of the molecule is Cc1c2oc3c(C)ccc(C(=O)N[C@@H]4C(=O)N[C@H](C(C)C)C(=O)N5CCC[C@H]5C(=O)N(C)CC(=O)N(C)[C@@H](C(C)C)C(=O)O[C@@H]4C)c3nc-2c(C(=O)N[C@@H]2C(=O)N[C@H](C(C)C)C(=O)N3CCC[C@H]3C(=O)N(C)CC(=O)N(C)[C@@H](C(C)C)C(=O)O[C@@H]2C)c(C)c1=O. The number of hydrogen-bond acceptors (Lipinski definition) is 17. The van der Waals surface area contributed by atoms with Crippen LogP contribution in [0.5, 0.6) is 0 Å². The topological polar surface area (TPSA) is 334 Å². The molecule has 4 fully saturated rings. The molecule has 1 aliphatic carbocycles. The van der Waals surface area contributed by atoms with Crippen molar-refractivity contribution >= 4 is 82.1 Å². The second-order valence-corrected chi connectivity index (χ2v) is 25.8. The van der Waals surface area contributed by atoms with Gasteiger partial charge in [0, 0.05) is 52.4 Å². The summed E-state index contributed by atoms with van der Waals surface area (Å²) in [6, 6.07) is -7.68. The number of esters is 2. The molecule has 27 nitrogen and oxygen atoms in total. The van der Waals surface area contributed by atoms with Crippen molar-refractivity contribution in [1.82, 2.24) is 55.7 Å². The van der Waals surface area contributed by atoms with Gasteiger partial charge < -0.3 is 64.6 Å². The lowest BCUT2D eigenvalue weighted by Crippen LogP contribution is -2.61. The van der Waals surface area contributed by atoms with Gasteiger partial charge >= 0.3 is 11.9 Å². The smallest absolute Gasteiger partial charge is 0.329 e. The van der Waals surface area contributed by atoms with E-state index in [9.17, 15) is 52.7 Å². The van der Waals surface area contributed by atoms with E-state index in [1.807, 2.05) is 0 Å². The second-order valence-electron chi connectivity index (χ2n) is 25.8. The molecule has 90 heavy (non-hydrogen) atoms. The van der Waals surface area contributed by atoms with Crippen LogP contribution in [0.4, 0.5) is 0 Å². The van der Waals surface area contributed by atoms with Crippen molar-refractivity contribution in [3.63, 3.8) is 0 Å². The van der Waals surface area contributed by atoms with Gasteiger partial charge in [0.15, 0.2) is 16.8 Å². The van der Waals surface area contributed by atoms with E-state index in [1.54, 1.807) is 62.3 Å². The minimum Gasteiger partial charge on any atom is -0.458 e. The molecule has 5 aliphatic heterocycles. The van der Waals surface area contributed by atoms with E-state index >= 15 is 9.59 Å². The Morgan fingerprint density at radius 3 is 1.41 bits per heavy atom. The molecular weight excluding hydrogens is 1170 g/mol. The first-order valence-corrected chi connectivity index (χ1v) is 30.7. The summed E-state index contributed by atoms with van der Waals surface area (Å²) in [5, 5.41) is 10.8. The molecule has 0 bridgehead atoms. The zero-order valence-electron chi connectivity index (χ0n) is 54.6. The number of carbonyl (C=O) groups excluding carboxylic acids is 12. The summed E-state index contributed by atoms with van der Waals surface area (Å²) in [5.74, 6) is -11.9. The number of benzene rings is 2. The summed E-state index contributed by atoms with van der Waals surface area (Å²) < 4.78 is 18.4. The van der Waals surface area contributed by atoms with Gasteiger partial charge in [0.2, 0.25) is 47.3 Å². The number of hydrogen-bond donors (Lipinski definition) is 4. The minimum atomic E-state index is -1.83. The van der Waals surface area contributed by atoms with Crippen molar-refractivity contribution in [3.05, 3.63) is 50.2 Å². The van der Waals surface area contributed by atoms with E-state index in [0.29, 0.717) is 24.8 Å². The molecule has 10 atom stereocenters. The first-order chi connectivity index (χ1) is 42.1. The maximum absolute atomic E-state index is 15.3. The summed E-state index contributed by atoms with van der Waals surface area (Å²) in [5.41, 5.74) is -1.63. The van der Waals surface area contributed by atoms with Gasteiger partial charge in [0.25, 0.3) is 11.8 Å². The lowest BCUT2D eigenvalue weighted by atomic mass is 9.96. The maximum Gasteiger partial charge on any atom is 0.329 e. The largest absolute Gasteiger partial charge is 0.458 e. The van der Waals surface area contributed by atoms with Crippen LogP contribution in [0, 0.1) is 44.4 Å². The van der Waals surface area contributed by atoms with Crippen LogP contribution in [0.15, 0.2) is 21.3 Å². The third-order valence-corrected chi connectivity index (χ3v) is 17.7. The zero-order chi connectivity index (χ0) is 67.0. The van der Waals surface area contributed by atoms with Crippen molar-refractivity contribution in [2.24, 2.45) is 23.7 Å². The van der Waals surface area contributed by atoms with Crippen LogP contribution in [0.2, 0.25) is 0 Å². The molecular formula is C63H87N11O16. The Kier molecular flexibility index (Phi) is 21.2. The van der Waals surface area contributed by atoms with E-state index in [2.05, 4.69) is 21.3 Å². The van der Waals surface area contributed by atoms with Crippen LogP contribution < -0.4 is 26.7 Å². The molecule has 0 aromatic heterocycles. The van der Waals surface area contributed by atoms with Gasteiger partial charge in [-0.25, -0.2) is 14.6 Å². The molecule has 5 heterocycles. The number of cyclic esters (lactones) is 2. The first kappa shape index (κ1) is 69.0. The first-order valence-electron chi connectivity index (χ1n) is 30.7. The van der Waals surface area contributed by atoms with Gasteiger partial charge in [-0.05, 0) is 95.6 Å². The minimum absolute atomic E-state index is 0.00494. The fourth-order valence-corrected chi connectivity index (χ4v) is 12.5. The van der Waals surface area contributed by atoms with E-state index in [4.69, 9.17) is 18.9 Å². The van der Waals surface area contributed by atoms with E-state index in [1.165, 1.54) is 87.6 Å². The summed E-state index contributed by atoms with van der Waals surface area (Å²) in [6.07, 6.45) is -1.56. The Balaban J connectivity index is 1.32. The molecule has 4 saturated heterocycles. The van der Waals surface area contributed by atoms with E-state index < -0.39 is 179 Å². The Bertz CT molecular complexity index is 3410. The average molecular weight is 1250 g/mol. The van der Waals surface area contributed by atoms with Gasteiger partial charge in [-0.1, -0.05) is 61.5 Å². The number of nitrogens with one attached hydrogen (secondary N) is 4. The van der Waals surface area contributed by atoms with Crippen LogP contribution in [0.3, 0.4) is 0 Å². The highest BCUT2D eigenvalue weighted by molar-refractivity contribution is 6.09. The molecule has 0 saturated carbocycles. The molecule has 6 aliphatic rings. The number of ether oxygens (including phenoxy) is 2. The number of nitrogens with zero attached hydrogens (tertiary/aromatic N) is 7. The Labute approximate surface area is 523 Å². The normalized spacial score (nSPS) is 26.2. The summed E-state index contributed by atoms with van der Waals surface area (Å²) in [7, 11) is 5.62. The van der Waals surface area contributed by atoms with Gasteiger partial charge in [-0.2, -0.15) is 0 Å². The van der Waals surface area contributed by atoms with Gasteiger partial charge in [-0.3, -0.25) is 52.7 Å². The number of amides is 10. The van der Waals surface area contributed by atoms with Crippen molar-refractivity contribution in [2.75, 3.05) is 54.4 Å². The molecule has 27 heteroatoms. The molecule has 1 aromatic rings. The van der Waals surface area contributed by atoms with Crippen molar-refractivity contribution in [1.29, 1.82) is 0 Å². The van der Waals surface area contributed by atoms with Crippen LogP contribution in [0.25, 0.3) is 22.6 Å². The number of rotatable bonds is 8. The molecule has 0 radical (unpaired) electrons. The van der Waals surface area contributed by atoms with Gasteiger partial charge in [0.1, 0.15) is 71.8 Å². The number of carbonyl (C=O) groups is 12. The Hall–Kier alpha value is -8.52. The molecule has 490 valence electrons. The highest BCUT2D eigenvalue weighted by atomic mass is 16.6. The van der Waals surface area contributed by atoms with Crippen LogP contribution in [-0.2, 0) is 57.4 Å². The highest BCUT2D eigenvalue weighted by Gasteiger charge is 2.46. The lowest BCUT2D eigenvalue weighted by Gasteiger charge is -2.36.